The van der Waals surface area contributed by atoms with Crippen LogP contribution >= 0.6 is 0 Å². The molecule has 1 radical (unpaired) electrons. The quantitative estimate of drug-likeness (QED) is 0.611. The predicted molar refractivity (Wildman–Crippen MR) is 65.0 cm³/mol. The fourth-order valence-electron chi connectivity index (χ4n) is 1.20. The average Bonchev–Trinajstić information content (AvgIpc) is 2.21. The van der Waals surface area contributed by atoms with Crippen LogP contribution in [0.1, 0.15) is 0 Å². The normalized spacial score (nSPS) is 12.5. The molecule has 3 heteroatoms. The van der Waals surface area contributed by atoms with E-state index in [9.17, 15) is 0 Å². The number of benzene rings is 1. The van der Waals surface area contributed by atoms with E-state index < -0.39 is 8.80 Å². The first-order valence-electron chi connectivity index (χ1n) is 4.98. The van der Waals surface area contributed by atoms with Crippen LogP contribution in [0.25, 0.3) is 0 Å². The molecule has 0 saturated carbocycles. The second kappa shape index (κ2) is 5.61. The van der Waals surface area contributed by atoms with E-state index in [0.717, 1.165) is 5.75 Å². The van der Waals surface area contributed by atoms with Gasteiger partial charge in [-0.1, -0.05) is 19.2 Å². The van der Waals surface area contributed by atoms with Crippen molar-refractivity contribution in [2.24, 2.45) is 0 Å². The van der Waals surface area contributed by atoms with Crippen molar-refractivity contribution in [3.05, 3.63) is 36.9 Å². The van der Waals surface area contributed by atoms with Crippen LogP contribution in [0.15, 0.2) is 36.9 Å². The first-order chi connectivity index (χ1) is 7.13. The molecule has 1 aromatic carbocycles. The zero-order valence-corrected chi connectivity index (χ0v) is 10.2. The Morgan fingerprint density at radius 3 is 2.47 bits per heavy atom. The maximum Gasteiger partial charge on any atom is 0.119 e. The van der Waals surface area contributed by atoms with Crippen molar-refractivity contribution in [2.75, 3.05) is 6.61 Å². The highest BCUT2D eigenvalue weighted by Gasteiger charge is 2.11. The summed E-state index contributed by atoms with van der Waals surface area (Å²) in [5, 5.41) is 9.10. The van der Waals surface area contributed by atoms with Crippen molar-refractivity contribution in [1.29, 1.82) is 0 Å². The van der Waals surface area contributed by atoms with Crippen LogP contribution in [0, 0.1) is 0 Å². The molecule has 1 unspecified atom stereocenters. The van der Waals surface area contributed by atoms with Gasteiger partial charge in [0.15, 0.2) is 0 Å². The lowest BCUT2D eigenvalue weighted by Gasteiger charge is -2.16. The van der Waals surface area contributed by atoms with E-state index in [0.29, 0.717) is 12.1 Å². The molecule has 0 aliphatic carbocycles. The van der Waals surface area contributed by atoms with Gasteiger partial charge in [0.1, 0.15) is 11.5 Å². The van der Waals surface area contributed by atoms with Crippen LogP contribution < -0.4 is 4.74 Å². The fraction of sp³-hybridized carbons (Fsp3) is 0.333. The lowest BCUT2D eigenvalue weighted by molar-refractivity contribution is 0.323. The third-order valence-corrected chi connectivity index (χ3v) is 4.18. The van der Waals surface area contributed by atoms with Gasteiger partial charge >= 0.3 is 0 Å². The van der Waals surface area contributed by atoms with Gasteiger partial charge in [-0.25, -0.2) is 0 Å². The minimum atomic E-state index is -0.394. The Morgan fingerprint density at radius 2 is 2.00 bits per heavy atom. The molecule has 0 aromatic heterocycles. The van der Waals surface area contributed by atoms with Crippen LogP contribution in [0.2, 0.25) is 18.6 Å². The van der Waals surface area contributed by atoms with E-state index in [-0.39, 0.29) is 5.75 Å². The van der Waals surface area contributed by atoms with Crippen molar-refractivity contribution >= 4 is 8.80 Å². The van der Waals surface area contributed by atoms with E-state index in [1.165, 1.54) is 0 Å². The SMILES string of the molecule is C=CC(COc1ccc(O)cc1)[Si](C)C. The Labute approximate surface area is 92.8 Å². The zero-order chi connectivity index (χ0) is 11.3. The Bertz CT molecular complexity index is 306. The summed E-state index contributed by atoms with van der Waals surface area (Å²) in [6.07, 6.45) is 1.97. The smallest absolute Gasteiger partial charge is 0.119 e. The van der Waals surface area contributed by atoms with Crippen molar-refractivity contribution in [1.82, 2.24) is 0 Å². The summed E-state index contributed by atoms with van der Waals surface area (Å²) in [4.78, 5) is 0. The van der Waals surface area contributed by atoms with Gasteiger partial charge in [-0.05, 0) is 24.3 Å². The third-order valence-electron chi connectivity index (χ3n) is 2.29. The van der Waals surface area contributed by atoms with E-state index >= 15 is 0 Å². The molecule has 0 aliphatic heterocycles. The van der Waals surface area contributed by atoms with E-state index in [1.54, 1.807) is 24.3 Å². The topological polar surface area (TPSA) is 29.5 Å². The van der Waals surface area contributed by atoms with Gasteiger partial charge in [-0.15, -0.1) is 6.58 Å². The van der Waals surface area contributed by atoms with E-state index in [1.807, 2.05) is 6.08 Å². The summed E-state index contributed by atoms with van der Waals surface area (Å²) >= 11 is 0. The summed E-state index contributed by atoms with van der Waals surface area (Å²) in [6, 6.07) is 6.80. The molecule has 81 valence electrons. The molecule has 0 spiro atoms. The highest BCUT2D eigenvalue weighted by atomic mass is 28.3. The highest BCUT2D eigenvalue weighted by molar-refractivity contribution is 6.58. The first kappa shape index (κ1) is 11.8. The monoisotopic (exact) mass is 221 g/mol. The fourth-order valence-corrected chi connectivity index (χ4v) is 2.09. The van der Waals surface area contributed by atoms with Crippen LogP contribution in [0.4, 0.5) is 0 Å². The average molecular weight is 221 g/mol. The molecule has 0 heterocycles. The molecule has 0 bridgehead atoms. The number of aromatic hydroxyl groups is 1. The second-order valence-electron chi connectivity index (χ2n) is 3.72. The Hall–Kier alpha value is -1.22. The first-order valence-corrected chi connectivity index (χ1v) is 7.55. The standard InChI is InChI=1S/C12H17O2Si/c1-4-12(15(2)3)9-14-11-7-5-10(13)6-8-11/h4-8,12-13H,1,9H2,2-3H3. The summed E-state index contributed by atoms with van der Waals surface area (Å²) in [5.41, 5.74) is 0.462. The Morgan fingerprint density at radius 1 is 1.40 bits per heavy atom. The molecule has 2 nitrogen and oxygen atoms in total. The molecule has 1 atom stereocenters. The van der Waals surface area contributed by atoms with Crippen molar-refractivity contribution < 1.29 is 9.84 Å². The molecule has 0 fully saturated rings. The van der Waals surface area contributed by atoms with Crippen LogP contribution in [-0.2, 0) is 0 Å². The second-order valence-corrected chi connectivity index (χ2v) is 6.62. The van der Waals surface area contributed by atoms with Crippen LogP contribution in [0.5, 0.6) is 11.5 Å². The van der Waals surface area contributed by atoms with Crippen LogP contribution in [-0.4, -0.2) is 20.5 Å². The van der Waals surface area contributed by atoms with Gasteiger partial charge in [0, 0.05) is 5.54 Å². The number of phenols is 1. The largest absolute Gasteiger partial charge is 0.508 e. The predicted octanol–water partition coefficient (Wildman–Crippen LogP) is 3.08. The minimum Gasteiger partial charge on any atom is -0.508 e. The summed E-state index contributed by atoms with van der Waals surface area (Å²) in [6.45, 7) is 8.98. The van der Waals surface area contributed by atoms with Gasteiger partial charge in [-0.2, -0.15) is 0 Å². The zero-order valence-electron chi connectivity index (χ0n) is 9.23. The summed E-state index contributed by atoms with van der Waals surface area (Å²) in [5.74, 6) is 1.06. The summed E-state index contributed by atoms with van der Waals surface area (Å²) < 4.78 is 5.62. The van der Waals surface area contributed by atoms with Gasteiger partial charge < -0.3 is 9.84 Å². The Balaban J connectivity index is 2.49. The number of ether oxygens (including phenoxy) is 1. The molecule has 0 amide bonds. The third kappa shape index (κ3) is 3.79. The Kier molecular flexibility index (Phi) is 4.43. The van der Waals surface area contributed by atoms with Gasteiger partial charge in [-0.3, -0.25) is 0 Å². The number of hydrogen-bond acceptors (Lipinski definition) is 2. The van der Waals surface area contributed by atoms with Crippen LogP contribution in [0.3, 0.4) is 0 Å². The molecule has 0 aliphatic rings. The van der Waals surface area contributed by atoms with Gasteiger partial charge in [0.25, 0.3) is 0 Å². The molecule has 15 heavy (non-hydrogen) atoms. The molecular formula is C12H17O2Si. The molecule has 1 N–H and O–H groups in total. The number of phenolic OH excluding ortho intramolecular Hbond substituents is 1. The van der Waals surface area contributed by atoms with E-state index in [2.05, 4.69) is 19.7 Å². The van der Waals surface area contributed by atoms with Crippen molar-refractivity contribution in [3.63, 3.8) is 0 Å². The van der Waals surface area contributed by atoms with Gasteiger partial charge in [0.2, 0.25) is 0 Å². The molecular weight excluding hydrogens is 204 g/mol. The minimum absolute atomic E-state index is 0.262. The maximum atomic E-state index is 9.10. The van der Waals surface area contributed by atoms with E-state index in [4.69, 9.17) is 9.84 Å². The number of rotatable bonds is 5. The van der Waals surface area contributed by atoms with Crippen molar-refractivity contribution in [3.8, 4) is 11.5 Å². The summed E-state index contributed by atoms with van der Waals surface area (Å²) in [7, 11) is -0.394. The van der Waals surface area contributed by atoms with Crippen molar-refractivity contribution in [2.45, 2.75) is 18.6 Å². The lowest BCUT2D eigenvalue weighted by Crippen LogP contribution is -2.17. The highest BCUT2D eigenvalue weighted by Crippen LogP contribution is 2.19. The molecule has 1 aromatic rings. The van der Waals surface area contributed by atoms with Gasteiger partial charge in [0.05, 0.1) is 15.4 Å². The maximum absolute atomic E-state index is 9.10. The molecule has 0 saturated heterocycles. The molecule has 1 rings (SSSR count). The lowest BCUT2D eigenvalue weighted by atomic mass is 10.3. The number of hydrogen-bond donors (Lipinski definition) is 1.